The van der Waals surface area contributed by atoms with E-state index >= 15 is 0 Å². The van der Waals surface area contributed by atoms with Crippen LogP contribution in [0.25, 0.3) is 0 Å². The lowest BCUT2D eigenvalue weighted by Crippen LogP contribution is -2.22. The van der Waals surface area contributed by atoms with Gasteiger partial charge in [0.2, 0.25) is 0 Å². The number of carbonyl (C=O) groups excluding carboxylic acids is 1. The first-order valence-electron chi connectivity index (χ1n) is 5.57. The summed E-state index contributed by atoms with van der Waals surface area (Å²) < 4.78 is 1.36. The van der Waals surface area contributed by atoms with E-state index in [1.165, 1.54) is 16.8 Å². The second-order valence-corrected chi connectivity index (χ2v) is 4.50. The maximum atomic E-state index is 10.8. The van der Waals surface area contributed by atoms with Gasteiger partial charge in [-0.2, -0.15) is 4.68 Å². The van der Waals surface area contributed by atoms with E-state index in [4.69, 9.17) is 11.6 Å². The summed E-state index contributed by atoms with van der Waals surface area (Å²) in [6.07, 6.45) is 0. The number of carbonyl (C=O) groups is 1. The molecule has 0 fully saturated rings. The Morgan fingerprint density at radius 3 is 2.75 bits per heavy atom. The fourth-order valence-corrected chi connectivity index (χ4v) is 1.95. The minimum absolute atomic E-state index is 0.0222. The molecule has 7 nitrogen and oxygen atoms in total. The Morgan fingerprint density at radius 2 is 2.20 bits per heavy atom. The number of carboxylic acid groups (broad SMARTS) is 1. The molecule has 0 spiro atoms. The molecule has 104 valence electrons. The largest absolute Gasteiger partial charge is 0.545 e. The highest BCUT2D eigenvalue weighted by Crippen LogP contribution is 2.26. The summed E-state index contributed by atoms with van der Waals surface area (Å²) in [6.45, 7) is 1.78. The monoisotopic (exact) mass is 294 g/mol. The first-order valence-corrected chi connectivity index (χ1v) is 5.95. The van der Waals surface area contributed by atoms with Crippen LogP contribution in [0.2, 0.25) is 5.02 Å². The number of aromatic carboxylic acids is 1. The third-order valence-corrected chi connectivity index (χ3v) is 3.23. The van der Waals surface area contributed by atoms with Crippen molar-refractivity contribution >= 4 is 23.4 Å². The number of nitrogens with zero attached hydrogens (tertiary/aromatic N) is 3. The fraction of sp³-hybridized carbons (Fsp3) is 0.167. The molecule has 0 saturated heterocycles. The van der Waals surface area contributed by atoms with Gasteiger partial charge in [-0.3, -0.25) is 0 Å². The molecule has 0 unspecified atom stereocenters. The van der Waals surface area contributed by atoms with Gasteiger partial charge in [-0.1, -0.05) is 29.8 Å². The number of aromatic nitrogens is 2. The number of benzene rings is 1. The molecule has 0 bridgehead atoms. The molecular formula is C12H9ClN3O4-. The van der Waals surface area contributed by atoms with Crippen LogP contribution in [-0.2, 0) is 6.54 Å². The van der Waals surface area contributed by atoms with Crippen molar-refractivity contribution in [3.8, 4) is 0 Å². The van der Waals surface area contributed by atoms with Crippen molar-refractivity contribution in [3.63, 3.8) is 0 Å². The van der Waals surface area contributed by atoms with E-state index in [1.807, 2.05) is 0 Å². The van der Waals surface area contributed by atoms with E-state index in [0.717, 1.165) is 0 Å². The Hall–Kier alpha value is -2.41. The minimum Gasteiger partial charge on any atom is -0.545 e. The smallest absolute Gasteiger partial charge is 0.408 e. The van der Waals surface area contributed by atoms with E-state index in [1.54, 1.807) is 19.1 Å². The Kier molecular flexibility index (Phi) is 3.71. The van der Waals surface area contributed by atoms with E-state index in [9.17, 15) is 20.0 Å². The highest BCUT2D eigenvalue weighted by molar-refractivity contribution is 6.33. The van der Waals surface area contributed by atoms with Crippen molar-refractivity contribution in [2.24, 2.45) is 0 Å². The highest BCUT2D eigenvalue weighted by Gasteiger charge is 2.23. The maximum absolute atomic E-state index is 10.8. The molecule has 20 heavy (non-hydrogen) atoms. The average molecular weight is 295 g/mol. The van der Waals surface area contributed by atoms with Gasteiger partial charge in [-0.15, -0.1) is 0 Å². The summed E-state index contributed by atoms with van der Waals surface area (Å²) in [5.74, 6) is -1.70. The van der Waals surface area contributed by atoms with Crippen molar-refractivity contribution in [2.45, 2.75) is 13.5 Å². The molecule has 0 aliphatic carbocycles. The molecule has 0 radical (unpaired) electrons. The van der Waals surface area contributed by atoms with Crippen molar-refractivity contribution in [2.75, 3.05) is 0 Å². The molecule has 0 aliphatic heterocycles. The summed E-state index contributed by atoms with van der Waals surface area (Å²) in [5.41, 5.74) is 1.11. The summed E-state index contributed by atoms with van der Waals surface area (Å²) in [4.78, 5) is 20.9. The van der Waals surface area contributed by atoms with Crippen LogP contribution in [0.4, 0.5) is 5.82 Å². The number of rotatable bonds is 4. The van der Waals surface area contributed by atoms with Crippen LogP contribution in [0.3, 0.4) is 0 Å². The van der Waals surface area contributed by atoms with Crippen LogP contribution in [0.1, 0.15) is 21.6 Å². The molecule has 1 aromatic heterocycles. The highest BCUT2D eigenvalue weighted by atomic mass is 35.5. The molecule has 2 aromatic rings. The SMILES string of the molecule is Cc1c(Cl)c([N+](=O)[O-])nn1Cc1cccc(C(=O)[O-])c1. The maximum Gasteiger partial charge on any atom is 0.408 e. The first kappa shape index (κ1) is 14.0. The summed E-state index contributed by atoms with van der Waals surface area (Å²) in [7, 11) is 0. The lowest BCUT2D eigenvalue weighted by molar-refractivity contribution is -0.389. The third-order valence-electron chi connectivity index (χ3n) is 2.78. The van der Waals surface area contributed by atoms with Gasteiger partial charge >= 0.3 is 5.82 Å². The van der Waals surface area contributed by atoms with Crippen LogP contribution >= 0.6 is 11.6 Å². The van der Waals surface area contributed by atoms with Crippen molar-refractivity contribution in [1.29, 1.82) is 0 Å². The zero-order valence-corrected chi connectivity index (χ0v) is 11.1. The van der Waals surface area contributed by atoms with Gasteiger partial charge in [-0.05, 0) is 29.0 Å². The summed E-state index contributed by atoms with van der Waals surface area (Å²) >= 11 is 5.83. The van der Waals surface area contributed by atoms with E-state index < -0.39 is 16.7 Å². The van der Waals surface area contributed by atoms with Crippen LogP contribution in [0, 0.1) is 17.0 Å². The Bertz CT molecular complexity index is 696. The number of hydrogen-bond donors (Lipinski definition) is 0. The van der Waals surface area contributed by atoms with Gasteiger partial charge in [0.05, 0.1) is 23.3 Å². The molecule has 1 aromatic carbocycles. The average Bonchev–Trinajstić information content (AvgIpc) is 2.67. The Balaban J connectivity index is 2.35. The number of nitro groups is 1. The van der Waals surface area contributed by atoms with Crippen LogP contribution in [0.5, 0.6) is 0 Å². The van der Waals surface area contributed by atoms with Crippen molar-refractivity contribution in [3.05, 3.63) is 56.2 Å². The molecule has 1 heterocycles. The summed E-state index contributed by atoms with van der Waals surface area (Å²) in [5, 5.41) is 25.3. The normalized spacial score (nSPS) is 10.5. The van der Waals surface area contributed by atoms with Crippen molar-refractivity contribution < 1.29 is 14.8 Å². The molecule has 0 aliphatic rings. The predicted molar refractivity (Wildman–Crippen MR) is 68.5 cm³/mol. The van der Waals surface area contributed by atoms with Gasteiger partial charge in [0.15, 0.2) is 5.02 Å². The van der Waals surface area contributed by atoms with E-state index in [2.05, 4.69) is 5.10 Å². The number of carboxylic acids is 1. The van der Waals surface area contributed by atoms with Gasteiger partial charge in [0.1, 0.15) is 0 Å². The molecule has 0 saturated carbocycles. The lowest BCUT2D eigenvalue weighted by atomic mass is 10.1. The second-order valence-electron chi connectivity index (χ2n) is 4.13. The standard InChI is InChI=1S/C12H10ClN3O4/c1-7-10(13)11(16(19)20)14-15(7)6-8-3-2-4-9(5-8)12(17)18/h2-5H,6H2,1H3,(H,17,18)/p-1. The zero-order valence-electron chi connectivity index (χ0n) is 10.4. The second kappa shape index (κ2) is 5.30. The van der Waals surface area contributed by atoms with E-state index in [-0.39, 0.29) is 17.1 Å². The Labute approximate surface area is 118 Å². The fourth-order valence-electron chi connectivity index (χ4n) is 1.75. The van der Waals surface area contributed by atoms with Gasteiger partial charge in [0, 0.05) is 0 Å². The topological polar surface area (TPSA) is 101 Å². The van der Waals surface area contributed by atoms with Crippen LogP contribution in [-0.4, -0.2) is 20.7 Å². The minimum atomic E-state index is -1.28. The van der Waals surface area contributed by atoms with Crippen LogP contribution in [0.15, 0.2) is 24.3 Å². The summed E-state index contributed by atoms with van der Waals surface area (Å²) in [6, 6.07) is 6.09. The van der Waals surface area contributed by atoms with Gasteiger partial charge in [0.25, 0.3) is 0 Å². The molecule has 0 atom stereocenters. The molecular weight excluding hydrogens is 286 g/mol. The Morgan fingerprint density at radius 1 is 1.50 bits per heavy atom. The molecule has 8 heteroatoms. The number of halogens is 1. The molecule has 0 amide bonds. The number of hydrogen-bond acceptors (Lipinski definition) is 5. The predicted octanol–water partition coefficient (Wildman–Crippen LogP) is 1.16. The van der Waals surface area contributed by atoms with Crippen LogP contribution < -0.4 is 5.11 Å². The van der Waals surface area contributed by atoms with Gasteiger partial charge in [-0.25, -0.2) is 0 Å². The quantitative estimate of drug-likeness (QED) is 0.622. The first-order chi connectivity index (χ1) is 9.40. The molecule has 2 rings (SSSR count). The zero-order chi connectivity index (χ0) is 14.9. The lowest BCUT2D eigenvalue weighted by Gasteiger charge is -2.05. The third kappa shape index (κ3) is 2.62. The van der Waals surface area contributed by atoms with Crippen molar-refractivity contribution in [1.82, 2.24) is 9.78 Å². The van der Waals surface area contributed by atoms with E-state index in [0.29, 0.717) is 11.3 Å². The molecule has 0 N–H and O–H groups in total. The van der Waals surface area contributed by atoms with Gasteiger partial charge < -0.3 is 20.0 Å².